The maximum atomic E-state index is 12.2. The highest BCUT2D eigenvalue weighted by molar-refractivity contribution is 7.99. The van der Waals surface area contributed by atoms with Crippen molar-refractivity contribution in [3.05, 3.63) is 29.8 Å². The molecule has 0 unspecified atom stereocenters. The first-order valence-corrected chi connectivity index (χ1v) is 9.36. The molecule has 0 radical (unpaired) electrons. The van der Waals surface area contributed by atoms with E-state index in [4.69, 9.17) is 4.74 Å². The molecule has 1 aliphatic carbocycles. The monoisotopic (exact) mass is 321 g/mol. The van der Waals surface area contributed by atoms with E-state index in [2.05, 4.69) is 0 Å². The maximum Gasteiger partial charge on any atom is 0.232 e. The number of amides is 1. The number of thioether (sulfide) groups is 1. The van der Waals surface area contributed by atoms with Crippen LogP contribution in [0.25, 0.3) is 0 Å². The molecule has 0 saturated heterocycles. The smallest absolute Gasteiger partial charge is 0.232 e. The van der Waals surface area contributed by atoms with Gasteiger partial charge < -0.3 is 9.64 Å². The van der Waals surface area contributed by atoms with Crippen molar-refractivity contribution in [2.45, 2.75) is 45.1 Å². The van der Waals surface area contributed by atoms with Crippen LogP contribution < -0.4 is 4.74 Å². The largest absolute Gasteiger partial charge is 0.492 e. The Morgan fingerprint density at radius 2 is 2.00 bits per heavy atom. The number of carbonyl (C=O) groups excluding carboxylic acids is 1. The molecule has 1 aliphatic rings. The van der Waals surface area contributed by atoms with Crippen LogP contribution in [0, 0.1) is 6.92 Å². The van der Waals surface area contributed by atoms with Crippen LogP contribution in [0.4, 0.5) is 0 Å². The Bertz CT molecular complexity index is 472. The van der Waals surface area contributed by atoms with E-state index < -0.39 is 0 Å². The molecule has 0 aromatic heterocycles. The fourth-order valence-electron chi connectivity index (χ4n) is 2.86. The van der Waals surface area contributed by atoms with Gasteiger partial charge in [-0.25, -0.2) is 0 Å². The number of ether oxygens (including phenoxy) is 1. The summed E-state index contributed by atoms with van der Waals surface area (Å²) in [4.78, 5) is 14.2. The average molecular weight is 321 g/mol. The van der Waals surface area contributed by atoms with E-state index in [1.165, 1.54) is 32.1 Å². The van der Waals surface area contributed by atoms with Gasteiger partial charge in [0.05, 0.1) is 12.4 Å². The summed E-state index contributed by atoms with van der Waals surface area (Å²) < 4.78 is 5.75. The Morgan fingerprint density at radius 1 is 1.27 bits per heavy atom. The minimum atomic E-state index is 0.257. The zero-order valence-corrected chi connectivity index (χ0v) is 14.5. The lowest BCUT2D eigenvalue weighted by Crippen LogP contribution is -2.39. The van der Waals surface area contributed by atoms with Crippen molar-refractivity contribution >= 4 is 17.7 Å². The van der Waals surface area contributed by atoms with Crippen molar-refractivity contribution in [2.75, 3.05) is 25.2 Å². The van der Waals surface area contributed by atoms with Gasteiger partial charge in [-0.2, -0.15) is 0 Å². The lowest BCUT2D eigenvalue weighted by Gasteiger charge is -2.31. The third-order valence-electron chi connectivity index (χ3n) is 4.32. The van der Waals surface area contributed by atoms with Crippen LogP contribution in [0.15, 0.2) is 24.3 Å². The van der Waals surface area contributed by atoms with E-state index in [1.54, 1.807) is 11.8 Å². The topological polar surface area (TPSA) is 29.5 Å². The highest BCUT2D eigenvalue weighted by Gasteiger charge is 2.21. The lowest BCUT2D eigenvalue weighted by molar-refractivity contribution is -0.129. The van der Waals surface area contributed by atoms with E-state index in [0.717, 1.165) is 17.1 Å². The van der Waals surface area contributed by atoms with Crippen LogP contribution in [0.3, 0.4) is 0 Å². The van der Waals surface area contributed by atoms with E-state index in [9.17, 15) is 4.79 Å². The van der Waals surface area contributed by atoms with Crippen LogP contribution in [-0.4, -0.2) is 42.0 Å². The van der Waals surface area contributed by atoms with Gasteiger partial charge >= 0.3 is 0 Å². The quantitative estimate of drug-likeness (QED) is 0.713. The SMILES string of the molecule is Cc1ccccc1OCCSCC(=O)N(C)C1CCCCC1. The molecule has 0 bridgehead atoms. The van der Waals surface area contributed by atoms with Crippen LogP contribution in [0.5, 0.6) is 5.75 Å². The summed E-state index contributed by atoms with van der Waals surface area (Å²) in [6.45, 7) is 2.70. The number of benzene rings is 1. The Labute approximate surface area is 138 Å². The normalized spacial score (nSPS) is 15.5. The molecule has 22 heavy (non-hydrogen) atoms. The Hall–Kier alpha value is -1.16. The van der Waals surface area contributed by atoms with Gasteiger partial charge in [0.15, 0.2) is 0 Å². The molecular weight excluding hydrogens is 294 g/mol. The fraction of sp³-hybridized carbons (Fsp3) is 0.611. The van der Waals surface area contributed by atoms with Crippen molar-refractivity contribution in [2.24, 2.45) is 0 Å². The molecule has 3 nitrogen and oxygen atoms in total. The van der Waals surface area contributed by atoms with Gasteiger partial charge in [-0.15, -0.1) is 11.8 Å². The van der Waals surface area contributed by atoms with Gasteiger partial charge in [0, 0.05) is 18.8 Å². The summed E-state index contributed by atoms with van der Waals surface area (Å²) in [6.07, 6.45) is 6.19. The second kappa shape index (κ2) is 9.09. The fourth-order valence-corrected chi connectivity index (χ4v) is 3.59. The van der Waals surface area contributed by atoms with Crippen LogP contribution in [0.2, 0.25) is 0 Å². The van der Waals surface area contributed by atoms with Crippen molar-refractivity contribution in [3.63, 3.8) is 0 Å². The molecule has 0 aliphatic heterocycles. The van der Waals surface area contributed by atoms with Gasteiger partial charge in [-0.3, -0.25) is 4.79 Å². The summed E-state index contributed by atoms with van der Waals surface area (Å²) in [5, 5.41) is 0. The molecule has 1 fully saturated rings. The Balaban J connectivity index is 1.61. The molecule has 0 spiro atoms. The minimum absolute atomic E-state index is 0.257. The summed E-state index contributed by atoms with van der Waals surface area (Å²) in [6, 6.07) is 8.49. The molecule has 1 amide bonds. The van der Waals surface area contributed by atoms with Gasteiger partial charge in [-0.1, -0.05) is 37.5 Å². The van der Waals surface area contributed by atoms with E-state index in [0.29, 0.717) is 18.4 Å². The van der Waals surface area contributed by atoms with Crippen molar-refractivity contribution < 1.29 is 9.53 Å². The molecular formula is C18H27NO2S. The van der Waals surface area contributed by atoms with Gasteiger partial charge in [-0.05, 0) is 31.4 Å². The molecule has 1 aromatic rings. The Kier molecular flexibility index (Phi) is 7.10. The minimum Gasteiger partial charge on any atom is -0.492 e. The molecule has 1 aromatic carbocycles. The van der Waals surface area contributed by atoms with Gasteiger partial charge in [0.1, 0.15) is 5.75 Å². The molecule has 0 N–H and O–H groups in total. The highest BCUT2D eigenvalue weighted by atomic mass is 32.2. The molecule has 2 rings (SSSR count). The second-order valence-electron chi connectivity index (χ2n) is 5.96. The summed E-state index contributed by atoms with van der Waals surface area (Å²) in [5.74, 6) is 2.60. The first kappa shape index (κ1) is 17.2. The van der Waals surface area contributed by atoms with E-state index in [1.807, 2.05) is 43.1 Å². The van der Waals surface area contributed by atoms with E-state index >= 15 is 0 Å². The van der Waals surface area contributed by atoms with Crippen LogP contribution in [-0.2, 0) is 4.79 Å². The molecule has 1 saturated carbocycles. The van der Waals surface area contributed by atoms with Crippen LogP contribution in [0.1, 0.15) is 37.7 Å². The molecule has 0 atom stereocenters. The number of hydrogen-bond donors (Lipinski definition) is 0. The summed E-state index contributed by atoms with van der Waals surface area (Å²) >= 11 is 1.66. The Morgan fingerprint density at radius 3 is 2.73 bits per heavy atom. The number of para-hydroxylation sites is 1. The number of rotatable bonds is 7. The third-order valence-corrected chi connectivity index (χ3v) is 5.23. The van der Waals surface area contributed by atoms with E-state index in [-0.39, 0.29) is 5.91 Å². The van der Waals surface area contributed by atoms with Crippen molar-refractivity contribution in [1.82, 2.24) is 4.90 Å². The molecule has 4 heteroatoms. The number of nitrogens with zero attached hydrogens (tertiary/aromatic N) is 1. The zero-order chi connectivity index (χ0) is 15.8. The zero-order valence-electron chi connectivity index (χ0n) is 13.7. The molecule has 0 heterocycles. The van der Waals surface area contributed by atoms with Crippen LogP contribution >= 0.6 is 11.8 Å². The number of hydrogen-bond acceptors (Lipinski definition) is 3. The predicted molar refractivity (Wildman–Crippen MR) is 93.6 cm³/mol. The maximum absolute atomic E-state index is 12.2. The first-order valence-electron chi connectivity index (χ1n) is 8.20. The molecule has 122 valence electrons. The predicted octanol–water partition coefficient (Wildman–Crippen LogP) is 3.90. The number of aryl methyl sites for hydroxylation is 1. The standard InChI is InChI=1S/C18H27NO2S/c1-15-8-6-7-11-17(15)21-12-13-22-14-18(20)19(2)16-9-4-3-5-10-16/h6-8,11,16H,3-5,9-10,12-14H2,1-2H3. The van der Waals surface area contributed by atoms with Gasteiger partial charge in [0.2, 0.25) is 5.91 Å². The average Bonchev–Trinajstić information content (AvgIpc) is 2.56. The summed E-state index contributed by atoms with van der Waals surface area (Å²) in [5.41, 5.74) is 1.15. The number of carbonyl (C=O) groups is 1. The van der Waals surface area contributed by atoms with Crippen molar-refractivity contribution in [3.8, 4) is 5.75 Å². The highest BCUT2D eigenvalue weighted by Crippen LogP contribution is 2.22. The first-order chi connectivity index (χ1) is 10.7. The van der Waals surface area contributed by atoms with Gasteiger partial charge in [0.25, 0.3) is 0 Å². The third kappa shape index (κ3) is 5.24. The lowest BCUT2D eigenvalue weighted by atomic mass is 9.94. The summed E-state index contributed by atoms with van der Waals surface area (Å²) in [7, 11) is 1.96. The second-order valence-corrected chi connectivity index (χ2v) is 7.07. The van der Waals surface area contributed by atoms with Crippen molar-refractivity contribution in [1.29, 1.82) is 0 Å².